The number of amides is 1. The number of nitrogens with one attached hydrogen (secondary N) is 2. The number of ether oxygens (including phenoxy) is 1. The van der Waals surface area contributed by atoms with Gasteiger partial charge in [0.1, 0.15) is 5.60 Å². The van der Waals surface area contributed by atoms with E-state index in [-0.39, 0.29) is 12.1 Å². The van der Waals surface area contributed by atoms with Crippen molar-refractivity contribution in [1.82, 2.24) is 20.4 Å². The normalized spacial score (nSPS) is 24.3. The average Bonchev–Trinajstić information content (AvgIpc) is 3.05. The molecule has 2 rings (SSSR count). The fraction of sp³-hybridized carbons (Fsp3) is 0.905. The number of guanidine groups is 1. The molecule has 0 spiro atoms. The van der Waals surface area contributed by atoms with Crippen LogP contribution in [0, 0.1) is 0 Å². The molecule has 2 fully saturated rings. The summed E-state index contributed by atoms with van der Waals surface area (Å²) >= 11 is 0. The van der Waals surface area contributed by atoms with Crippen molar-refractivity contribution in [1.29, 1.82) is 0 Å². The number of nitrogens with zero attached hydrogens (tertiary/aromatic N) is 3. The Kier molecular flexibility index (Phi) is 8.86. The summed E-state index contributed by atoms with van der Waals surface area (Å²) in [6.45, 7) is 15.8. The van der Waals surface area contributed by atoms with Gasteiger partial charge >= 0.3 is 6.09 Å². The molecule has 0 saturated carbocycles. The van der Waals surface area contributed by atoms with E-state index in [0.29, 0.717) is 6.04 Å². The number of alkyl carbamates (subject to hydrolysis) is 1. The van der Waals surface area contributed by atoms with Gasteiger partial charge in [0.15, 0.2) is 5.96 Å². The van der Waals surface area contributed by atoms with Gasteiger partial charge in [-0.3, -0.25) is 4.99 Å². The van der Waals surface area contributed by atoms with Crippen molar-refractivity contribution in [2.24, 2.45) is 4.99 Å². The first-order valence-electron chi connectivity index (χ1n) is 11.1. The largest absolute Gasteiger partial charge is 0.444 e. The van der Waals surface area contributed by atoms with E-state index >= 15 is 0 Å². The minimum absolute atomic E-state index is 0.105. The molecular weight excluding hydrogens is 354 g/mol. The maximum absolute atomic E-state index is 12.0. The van der Waals surface area contributed by atoms with Crippen LogP contribution >= 0.6 is 0 Å². The number of hydrogen-bond acceptors (Lipinski definition) is 4. The zero-order chi connectivity index (χ0) is 20.6. The molecule has 0 radical (unpaired) electrons. The summed E-state index contributed by atoms with van der Waals surface area (Å²) in [5.41, 5.74) is -0.468. The van der Waals surface area contributed by atoms with Crippen molar-refractivity contribution >= 4 is 12.1 Å². The topological polar surface area (TPSA) is 69.2 Å². The molecule has 2 unspecified atom stereocenters. The van der Waals surface area contributed by atoms with E-state index in [0.717, 1.165) is 51.5 Å². The standard InChI is InChI=1S/C21H41N5O2/c1-6-22-19(23-12-9-14-25-13-8-7-10-17(25)2)26-15-11-18(16-26)24-20(27)28-21(3,4)5/h17-18H,6-16H2,1-5H3,(H,22,23)(H,24,27). The van der Waals surface area contributed by atoms with E-state index in [2.05, 4.69) is 34.3 Å². The Morgan fingerprint density at radius 1 is 1.21 bits per heavy atom. The minimum Gasteiger partial charge on any atom is -0.444 e. The summed E-state index contributed by atoms with van der Waals surface area (Å²) in [6, 6.07) is 0.817. The van der Waals surface area contributed by atoms with Crippen molar-refractivity contribution < 1.29 is 9.53 Å². The van der Waals surface area contributed by atoms with E-state index in [9.17, 15) is 4.79 Å². The summed E-state index contributed by atoms with van der Waals surface area (Å²) < 4.78 is 5.37. The van der Waals surface area contributed by atoms with Crippen LogP contribution < -0.4 is 10.6 Å². The highest BCUT2D eigenvalue weighted by molar-refractivity contribution is 5.80. The third-order valence-electron chi connectivity index (χ3n) is 5.35. The quantitative estimate of drug-likeness (QED) is 0.411. The van der Waals surface area contributed by atoms with Crippen LogP contribution in [-0.2, 0) is 4.74 Å². The predicted octanol–water partition coefficient (Wildman–Crippen LogP) is 2.82. The zero-order valence-electron chi connectivity index (χ0n) is 18.6. The molecule has 0 aromatic rings. The van der Waals surface area contributed by atoms with E-state index in [1.807, 2.05) is 20.8 Å². The van der Waals surface area contributed by atoms with Gasteiger partial charge in [0, 0.05) is 38.8 Å². The Hall–Kier alpha value is -1.50. The predicted molar refractivity (Wildman–Crippen MR) is 115 cm³/mol. The van der Waals surface area contributed by atoms with Crippen LogP contribution in [0.5, 0.6) is 0 Å². The van der Waals surface area contributed by atoms with Crippen molar-refractivity contribution in [3.05, 3.63) is 0 Å². The zero-order valence-corrected chi connectivity index (χ0v) is 18.6. The van der Waals surface area contributed by atoms with Gasteiger partial charge in [0.05, 0.1) is 6.04 Å². The lowest BCUT2D eigenvalue weighted by atomic mass is 10.0. The molecule has 7 nitrogen and oxygen atoms in total. The molecule has 0 aromatic heterocycles. The number of rotatable bonds is 6. The number of aliphatic imine (C=N–C) groups is 1. The highest BCUT2D eigenvalue weighted by Gasteiger charge is 2.27. The van der Waals surface area contributed by atoms with Gasteiger partial charge in [-0.15, -0.1) is 0 Å². The second kappa shape index (κ2) is 10.9. The molecule has 0 aromatic carbocycles. The van der Waals surface area contributed by atoms with Gasteiger partial charge in [-0.2, -0.15) is 0 Å². The Labute approximate surface area is 171 Å². The van der Waals surface area contributed by atoms with Gasteiger partial charge in [-0.1, -0.05) is 6.42 Å². The third kappa shape index (κ3) is 7.86. The average molecular weight is 396 g/mol. The SMILES string of the molecule is CCNC(=NCCCN1CCCCC1C)N1CCC(NC(=O)OC(C)(C)C)C1. The molecule has 28 heavy (non-hydrogen) atoms. The maximum atomic E-state index is 12.0. The first kappa shape index (κ1) is 22.8. The third-order valence-corrected chi connectivity index (χ3v) is 5.35. The molecule has 0 bridgehead atoms. The van der Waals surface area contributed by atoms with Crippen molar-refractivity contribution in [3.63, 3.8) is 0 Å². The fourth-order valence-corrected chi connectivity index (χ4v) is 3.92. The number of carbonyl (C=O) groups is 1. The maximum Gasteiger partial charge on any atom is 0.407 e. The number of hydrogen-bond donors (Lipinski definition) is 2. The monoisotopic (exact) mass is 395 g/mol. The van der Waals surface area contributed by atoms with Crippen LogP contribution in [0.1, 0.15) is 66.7 Å². The molecule has 2 aliphatic rings. The van der Waals surface area contributed by atoms with Crippen molar-refractivity contribution in [2.45, 2.75) is 84.4 Å². The summed E-state index contributed by atoms with van der Waals surface area (Å²) in [5, 5.41) is 6.39. The highest BCUT2D eigenvalue weighted by Crippen LogP contribution is 2.16. The summed E-state index contributed by atoms with van der Waals surface area (Å²) in [5.74, 6) is 0.961. The lowest BCUT2D eigenvalue weighted by molar-refractivity contribution is 0.0507. The van der Waals surface area contributed by atoms with Crippen LogP contribution in [0.25, 0.3) is 0 Å². The van der Waals surface area contributed by atoms with E-state index in [1.54, 1.807) is 0 Å². The minimum atomic E-state index is -0.468. The first-order valence-corrected chi connectivity index (χ1v) is 11.1. The van der Waals surface area contributed by atoms with E-state index < -0.39 is 5.60 Å². The first-order chi connectivity index (χ1) is 13.3. The molecule has 1 amide bonds. The molecule has 162 valence electrons. The molecule has 2 aliphatic heterocycles. The Morgan fingerprint density at radius 2 is 2.00 bits per heavy atom. The van der Waals surface area contributed by atoms with Crippen LogP contribution in [0.3, 0.4) is 0 Å². The Bertz CT molecular complexity index is 517. The van der Waals surface area contributed by atoms with Crippen molar-refractivity contribution in [2.75, 3.05) is 39.3 Å². The number of likely N-dealkylation sites (tertiary alicyclic amines) is 2. The van der Waals surface area contributed by atoms with Gasteiger partial charge in [-0.05, 0) is 66.8 Å². The number of piperidine rings is 1. The second-order valence-corrected chi connectivity index (χ2v) is 9.05. The second-order valence-electron chi connectivity index (χ2n) is 9.05. The summed E-state index contributed by atoms with van der Waals surface area (Å²) in [4.78, 5) is 21.7. The molecule has 7 heteroatoms. The van der Waals surface area contributed by atoms with Crippen LogP contribution in [0.4, 0.5) is 4.79 Å². The lowest BCUT2D eigenvalue weighted by Gasteiger charge is -2.33. The van der Waals surface area contributed by atoms with E-state index in [1.165, 1.54) is 25.8 Å². The summed E-state index contributed by atoms with van der Waals surface area (Å²) in [7, 11) is 0. The van der Waals surface area contributed by atoms with Crippen LogP contribution in [0.15, 0.2) is 4.99 Å². The Morgan fingerprint density at radius 3 is 2.68 bits per heavy atom. The molecule has 0 aliphatic carbocycles. The van der Waals surface area contributed by atoms with Gasteiger partial charge in [-0.25, -0.2) is 4.79 Å². The highest BCUT2D eigenvalue weighted by atomic mass is 16.6. The van der Waals surface area contributed by atoms with Gasteiger partial charge in [0.25, 0.3) is 0 Å². The van der Waals surface area contributed by atoms with E-state index in [4.69, 9.17) is 9.73 Å². The number of carbonyl (C=O) groups excluding carboxylic acids is 1. The molecule has 2 atom stereocenters. The lowest BCUT2D eigenvalue weighted by Crippen LogP contribution is -2.44. The molecule has 2 heterocycles. The van der Waals surface area contributed by atoms with Gasteiger partial charge in [0.2, 0.25) is 0 Å². The summed E-state index contributed by atoms with van der Waals surface area (Å²) in [6.07, 6.45) is 5.69. The van der Waals surface area contributed by atoms with Crippen LogP contribution in [-0.4, -0.2) is 78.8 Å². The Balaban J connectivity index is 1.77. The molecule has 2 saturated heterocycles. The fourth-order valence-electron chi connectivity index (χ4n) is 3.92. The smallest absolute Gasteiger partial charge is 0.407 e. The van der Waals surface area contributed by atoms with Crippen molar-refractivity contribution in [3.8, 4) is 0 Å². The molecule has 2 N–H and O–H groups in total. The molecular formula is C21H41N5O2. The van der Waals surface area contributed by atoms with Gasteiger partial charge < -0.3 is 25.2 Å². The van der Waals surface area contributed by atoms with Crippen LogP contribution in [0.2, 0.25) is 0 Å².